The van der Waals surface area contributed by atoms with Crippen molar-refractivity contribution in [3.63, 3.8) is 0 Å². The molecule has 2 N–H and O–H groups in total. The van der Waals surface area contributed by atoms with Gasteiger partial charge in [-0.25, -0.2) is 0 Å². The molecule has 0 amide bonds. The van der Waals surface area contributed by atoms with Crippen LogP contribution in [0, 0.1) is 0 Å². The van der Waals surface area contributed by atoms with Gasteiger partial charge in [-0.15, -0.1) is 0 Å². The van der Waals surface area contributed by atoms with E-state index in [9.17, 15) is 5.11 Å². The number of nitrogens with zero attached hydrogens (tertiary/aromatic N) is 1. The molecule has 0 saturated carbocycles. The van der Waals surface area contributed by atoms with Gasteiger partial charge in [0.1, 0.15) is 24.2 Å². The summed E-state index contributed by atoms with van der Waals surface area (Å²) in [4.78, 5) is 2.03. The largest absolute Gasteiger partial charge is 0.494 e. The monoisotopic (exact) mass is 297 g/mol. The van der Waals surface area contributed by atoms with Gasteiger partial charge < -0.3 is 19.7 Å². The van der Waals surface area contributed by atoms with E-state index in [1.807, 2.05) is 36.1 Å². The molecule has 0 heterocycles. The molecule has 0 radical (unpaired) electrons. The molecule has 0 aliphatic carbocycles. The Morgan fingerprint density at radius 1 is 1.05 bits per heavy atom. The summed E-state index contributed by atoms with van der Waals surface area (Å²) in [5.74, 6) is 1.52. The lowest BCUT2D eigenvalue weighted by molar-refractivity contribution is 0.0618. The fourth-order valence-corrected chi connectivity index (χ4v) is 2.09. The fraction of sp³-hybridized carbons (Fsp3) is 0.625. The van der Waals surface area contributed by atoms with Crippen LogP contribution < -0.4 is 9.47 Å². The average Bonchev–Trinajstić information content (AvgIpc) is 2.47. The molecular weight excluding hydrogens is 270 g/mol. The van der Waals surface area contributed by atoms with Crippen molar-refractivity contribution in [2.75, 3.05) is 39.5 Å². The number of aliphatic hydroxyl groups is 2. The lowest BCUT2D eigenvalue weighted by atomic mass is 10.3. The molecule has 1 aromatic rings. The number of ether oxygens (including phenoxy) is 2. The smallest absolute Gasteiger partial charge is 0.119 e. The molecule has 1 atom stereocenters. The Hall–Kier alpha value is -1.30. The predicted molar refractivity (Wildman–Crippen MR) is 82.9 cm³/mol. The first-order valence-electron chi connectivity index (χ1n) is 7.56. The standard InChI is InChI=1S/C16H27NO4/c1-3-9-17(10-11-18)12-14(19)13-21-16-7-5-15(6-8-16)20-4-2/h5-8,14,18-19H,3-4,9-13H2,1-2H3/t14-/m1/s1. The van der Waals surface area contributed by atoms with Gasteiger partial charge in [0.15, 0.2) is 0 Å². The summed E-state index contributed by atoms with van der Waals surface area (Å²) in [6, 6.07) is 7.35. The minimum atomic E-state index is -0.574. The van der Waals surface area contributed by atoms with Crippen molar-refractivity contribution >= 4 is 0 Å². The summed E-state index contributed by atoms with van der Waals surface area (Å²) in [6.07, 6.45) is 0.418. The van der Waals surface area contributed by atoms with Gasteiger partial charge >= 0.3 is 0 Å². The van der Waals surface area contributed by atoms with Gasteiger partial charge in [-0.2, -0.15) is 0 Å². The topological polar surface area (TPSA) is 62.2 Å². The van der Waals surface area contributed by atoms with E-state index in [0.717, 1.165) is 18.7 Å². The molecule has 21 heavy (non-hydrogen) atoms. The zero-order valence-corrected chi connectivity index (χ0v) is 13.0. The average molecular weight is 297 g/mol. The van der Waals surface area contributed by atoms with Gasteiger partial charge in [-0.1, -0.05) is 6.92 Å². The number of benzene rings is 1. The molecule has 0 aromatic heterocycles. The van der Waals surface area contributed by atoms with Gasteiger partial charge in [0.2, 0.25) is 0 Å². The van der Waals surface area contributed by atoms with E-state index in [2.05, 4.69) is 6.92 Å². The first kappa shape index (κ1) is 17.8. The van der Waals surface area contributed by atoms with Gasteiger partial charge in [-0.3, -0.25) is 4.90 Å². The number of rotatable bonds is 11. The first-order valence-corrected chi connectivity index (χ1v) is 7.56. The molecule has 0 spiro atoms. The van der Waals surface area contributed by atoms with E-state index in [0.29, 0.717) is 25.4 Å². The minimum Gasteiger partial charge on any atom is -0.494 e. The maximum Gasteiger partial charge on any atom is 0.119 e. The van der Waals surface area contributed by atoms with Crippen molar-refractivity contribution in [1.29, 1.82) is 0 Å². The van der Waals surface area contributed by atoms with E-state index >= 15 is 0 Å². The Morgan fingerprint density at radius 3 is 2.19 bits per heavy atom. The SMILES string of the molecule is CCCN(CCO)C[C@@H](O)COc1ccc(OCC)cc1. The second kappa shape index (κ2) is 10.4. The Morgan fingerprint density at radius 2 is 1.67 bits per heavy atom. The van der Waals surface area contributed by atoms with E-state index in [4.69, 9.17) is 14.6 Å². The summed E-state index contributed by atoms with van der Waals surface area (Å²) in [7, 11) is 0. The Bertz CT molecular complexity index is 363. The van der Waals surface area contributed by atoms with E-state index in [-0.39, 0.29) is 13.2 Å². The van der Waals surface area contributed by atoms with E-state index < -0.39 is 6.10 Å². The maximum absolute atomic E-state index is 10.0. The Labute approximate surface area is 127 Å². The zero-order valence-electron chi connectivity index (χ0n) is 13.0. The molecule has 0 aliphatic rings. The van der Waals surface area contributed by atoms with E-state index in [1.165, 1.54) is 0 Å². The van der Waals surface area contributed by atoms with Gasteiger partial charge in [0.05, 0.1) is 13.2 Å². The second-order valence-electron chi connectivity index (χ2n) is 4.89. The lowest BCUT2D eigenvalue weighted by Gasteiger charge is -2.23. The van der Waals surface area contributed by atoms with Crippen LogP contribution in [0.5, 0.6) is 11.5 Å². The van der Waals surface area contributed by atoms with Crippen LogP contribution in [0.2, 0.25) is 0 Å². The zero-order chi connectivity index (χ0) is 15.5. The molecule has 0 saturated heterocycles. The quantitative estimate of drug-likeness (QED) is 0.648. The van der Waals surface area contributed by atoms with Crippen LogP contribution >= 0.6 is 0 Å². The summed E-state index contributed by atoms with van der Waals surface area (Å²) in [5, 5.41) is 19.0. The highest BCUT2D eigenvalue weighted by Crippen LogP contribution is 2.17. The number of hydrogen-bond acceptors (Lipinski definition) is 5. The normalized spacial score (nSPS) is 12.4. The molecule has 0 aliphatic heterocycles. The second-order valence-corrected chi connectivity index (χ2v) is 4.89. The minimum absolute atomic E-state index is 0.104. The van der Waals surface area contributed by atoms with Crippen molar-refractivity contribution in [3.05, 3.63) is 24.3 Å². The first-order chi connectivity index (χ1) is 10.2. The van der Waals surface area contributed by atoms with Crippen LogP contribution in [-0.2, 0) is 0 Å². The van der Waals surface area contributed by atoms with Crippen molar-refractivity contribution in [3.8, 4) is 11.5 Å². The van der Waals surface area contributed by atoms with Crippen molar-refractivity contribution in [1.82, 2.24) is 4.90 Å². The fourth-order valence-electron chi connectivity index (χ4n) is 2.09. The third kappa shape index (κ3) is 7.32. The highest BCUT2D eigenvalue weighted by atomic mass is 16.5. The van der Waals surface area contributed by atoms with Crippen LogP contribution in [0.15, 0.2) is 24.3 Å². The lowest BCUT2D eigenvalue weighted by Crippen LogP contribution is -2.37. The summed E-state index contributed by atoms with van der Waals surface area (Å²) in [6.45, 7) is 6.94. The molecule has 5 nitrogen and oxygen atoms in total. The molecule has 0 unspecified atom stereocenters. The van der Waals surface area contributed by atoms with Crippen molar-refractivity contribution in [2.24, 2.45) is 0 Å². The van der Waals surface area contributed by atoms with Gasteiger partial charge in [0, 0.05) is 13.1 Å². The molecular formula is C16H27NO4. The van der Waals surface area contributed by atoms with Crippen molar-refractivity contribution in [2.45, 2.75) is 26.4 Å². The number of aliphatic hydroxyl groups excluding tert-OH is 2. The molecule has 1 rings (SSSR count). The van der Waals surface area contributed by atoms with Crippen LogP contribution in [0.1, 0.15) is 20.3 Å². The van der Waals surface area contributed by atoms with Crippen LogP contribution in [-0.4, -0.2) is 60.7 Å². The summed E-state index contributed by atoms with van der Waals surface area (Å²) >= 11 is 0. The third-order valence-corrected chi connectivity index (χ3v) is 3.00. The van der Waals surface area contributed by atoms with Crippen LogP contribution in [0.4, 0.5) is 0 Å². The summed E-state index contributed by atoms with van der Waals surface area (Å²) < 4.78 is 10.9. The highest BCUT2D eigenvalue weighted by molar-refractivity contribution is 5.31. The Balaban J connectivity index is 2.35. The molecule has 0 fully saturated rings. The third-order valence-electron chi connectivity index (χ3n) is 3.00. The van der Waals surface area contributed by atoms with Crippen molar-refractivity contribution < 1.29 is 19.7 Å². The Kier molecular flexibility index (Phi) is 8.82. The molecule has 5 heteroatoms. The summed E-state index contributed by atoms with van der Waals surface area (Å²) in [5.41, 5.74) is 0. The maximum atomic E-state index is 10.0. The van der Waals surface area contributed by atoms with E-state index in [1.54, 1.807) is 0 Å². The van der Waals surface area contributed by atoms with Gasteiger partial charge in [0.25, 0.3) is 0 Å². The highest BCUT2D eigenvalue weighted by Gasteiger charge is 2.11. The molecule has 1 aromatic carbocycles. The molecule has 0 bridgehead atoms. The van der Waals surface area contributed by atoms with Crippen LogP contribution in [0.25, 0.3) is 0 Å². The van der Waals surface area contributed by atoms with Crippen LogP contribution in [0.3, 0.4) is 0 Å². The number of hydrogen-bond donors (Lipinski definition) is 2. The molecule has 120 valence electrons. The predicted octanol–water partition coefficient (Wildman–Crippen LogP) is 1.53. The van der Waals surface area contributed by atoms with Gasteiger partial charge in [-0.05, 0) is 44.2 Å².